The molecule has 1 aliphatic heterocycles. The van der Waals surface area contributed by atoms with Crippen molar-refractivity contribution in [3.8, 4) is 28.1 Å². The molecule has 0 radical (unpaired) electrons. The Kier molecular flexibility index (Phi) is 11.3. The molecule has 0 spiro atoms. The summed E-state index contributed by atoms with van der Waals surface area (Å²) < 4.78 is 11.8. The van der Waals surface area contributed by atoms with Crippen LogP contribution in [0.5, 0.6) is 5.75 Å². The van der Waals surface area contributed by atoms with Gasteiger partial charge in [-0.15, -0.1) is 0 Å². The van der Waals surface area contributed by atoms with E-state index in [1.165, 1.54) is 0 Å². The Morgan fingerprint density at radius 3 is 2.40 bits per heavy atom. The van der Waals surface area contributed by atoms with Crippen LogP contribution in [0.3, 0.4) is 0 Å². The van der Waals surface area contributed by atoms with E-state index in [2.05, 4.69) is 80.1 Å². The molecule has 3 heterocycles. The van der Waals surface area contributed by atoms with E-state index >= 15 is 0 Å². The number of nitrogens with zero attached hydrogens (tertiary/aromatic N) is 4. The minimum atomic E-state index is -0.198. The molecule has 0 saturated carbocycles. The molecular weight excluding hydrogens is 652 g/mol. The second kappa shape index (κ2) is 15.9. The Bertz CT molecular complexity index is 2050. The van der Waals surface area contributed by atoms with Crippen molar-refractivity contribution < 1.29 is 19.1 Å². The van der Waals surface area contributed by atoms with E-state index in [0.717, 1.165) is 86.4 Å². The first-order chi connectivity index (χ1) is 25.1. The fourth-order valence-electron chi connectivity index (χ4n) is 7.54. The number of benzene rings is 3. The van der Waals surface area contributed by atoms with Crippen LogP contribution in [-0.2, 0) is 20.9 Å². The van der Waals surface area contributed by atoms with E-state index in [1.54, 1.807) is 7.11 Å². The van der Waals surface area contributed by atoms with Crippen LogP contribution in [0, 0.1) is 5.92 Å². The molecule has 3 aromatic carbocycles. The van der Waals surface area contributed by atoms with E-state index in [4.69, 9.17) is 19.4 Å². The Morgan fingerprint density at radius 1 is 0.904 bits per heavy atom. The van der Waals surface area contributed by atoms with Gasteiger partial charge in [-0.3, -0.25) is 9.59 Å². The lowest BCUT2D eigenvalue weighted by molar-refractivity contribution is -0.136. The third-order valence-corrected chi connectivity index (χ3v) is 10.5. The molecule has 1 aliphatic rings. The predicted octanol–water partition coefficient (Wildman–Crippen LogP) is 9.13. The van der Waals surface area contributed by atoms with Gasteiger partial charge in [0.05, 0.1) is 41.6 Å². The van der Waals surface area contributed by atoms with Gasteiger partial charge in [0.25, 0.3) is 0 Å². The summed E-state index contributed by atoms with van der Waals surface area (Å²) in [5.74, 6) is 2.88. The number of methoxy groups -OCH3 is 1. The maximum atomic E-state index is 13.1. The number of carbonyl (C=O) groups excluding carboxylic acids is 2. The minimum Gasteiger partial charge on any atom is -0.488 e. The molecule has 276 valence electrons. The third kappa shape index (κ3) is 7.31. The molecule has 52 heavy (non-hydrogen) atoms. The molecule has 0 saturated heterocycles. The third-order valence-electron chi connectivity index (χ3n) is 10.5. The number of hydrogen-bond acceptors (Lipinski definition) is 6. The monoisotopic (exact) mass is 706 g/mol. The fourth-order valence-corrected chi connectivity index (χ4v) is 7.54. The van der Waals surface area contributed by atoms with Crippen molar-refractivity contribution in [3.05, 3.63) is 65.9 Å². The SMILES string of the molecule is CCCC(=O)N(C[C@H](C)COC)[C@@H](C)c1ncc(-c2ccc3c(c2)COc2cc4c(ccc5[nH]c([C@H](C)N(C(=O)CCC)[C@@H](C)CC)nc54)cc2-3)[nH]1. The molecule has 0 bridgehead atoms. The molecular formula is C42H54N6O4. The standard InChI is InChI=1S/C42H54N6O4/c1-9-12-38(49)47(22-25(4)23-51-8)27(6)41-43-21-36(45-41)30-14-16-32-31(18-30)24-52-37-20-33-29(19-34(32)37)15-17-35-40(33)46-42(44-35)28(7)48(26(5)11-3)39(50)13-10-2/h14-21,25-28H,9-13,22-24H2,1-8H3,(H,43,45)(H,44,46)/t25-,26-,27-,28-/m0/s1. The lowest BCUT2D eigenvalue weighted by Crippen LogP contribution is -2.40. The normalized spacial score (nSPS) is 14.7. The number of aromatic amines is 2. The summed E-state index contributed by atoms with van der Waals surface area (Å²) in [5, 5.41) is 2.09. The Labute approximate surface area is 307 Å². The second-order valence-electron chi connectivity index (χ2n) is 14.5. The van der Waals surface area contributed by atoms with Gasteiger partial charge < -0.3 is 29.2 Å². The van der Waals surface area contributed by atoms with Crippen LogP contribution >= 0.6 is 0 Å². The number of nitrogens with one attached hydrogen (secondary N) is 2. The molecule has 0 fully saturated rings. The number of hydrogen-bond donors (Lipinski definition) is 2. The summed E-state index contributed by atoms with van der Waals surface area (Å²) in [4.78, 5) is 47.0. The first-order valence-corrected chi connectivity index (χ1v) is 19.0. The molecule has 4 atom stereocenters. The Hall–Kier alpha value is -4.70. The van der Waals surface area contributed by atoms with E-state index < -0.39 is 0 Å². The number of aromatic nitrogens is 4. The Morgan fingerprint density at radius 2 is 1.67 bits per heavy atom. The predicted molar refractivity (Wildman–Crippen MR) is 207 cm³/mol. The number of fused-ring (bicyclic) bond motifs is 6. The molecule has 0 unspecified atom stereocenters. The van der Waals surface area contributed by atoms with Gasteiger partial charge in [0.2, 0.25) is 11.8 Å². The highest BCUT2D eigenvalue weighted by molar-refractivity contribution is 6.07. The summed E-state index contributed by atoms with van der Waals surface area (Å²) in [6, 6.07) is 14.7. The van der Waals surface area contributed by atoms with Crippen LogP contribution in [0.4, 0.5) is 0 Å². The van der Waals surface area contributed by atoms with Crippen LogP contribution in [0.15, 0.2) is 48.7 Å². The molecule has 10 heteroatoms. The van der Waals surface area contributed by atoms with Crippen molar-refractivity contribution in [2.45, 2.75) is 105 Å². The van der Waals surface area contributed by atoms with Crippen molar-refractivity contribution in [1.82, 2.24) is 29.7 Å². The van der Waals surface area contributed by atoms with Crippen LogP contribution < -0.4 is 4.74 Å². The first kappa shape index (κ1) is 37.1. The van der Waals surface area contributed by atoms with Gasteiger partial charge in [0.15, 0.2) is 0 Å². The van der Waals surface area contributed by atoms with Gasteiger partial charge in [-0.2, -0.15) is 0 Å². The van der Waals surface area contributed by atoms with E-state index in [-0.39, 0.29) is 35.9 Å². The quantitative estimate of drug-likeness (QED) is 0.112. The largest absolute Gasteiger partial charge is 0.488 e. The van der Waals surface area contributed by atoms with Gasteiger partial charge in [0, 0.05) is 43.5 Å². The molecule has 2 aromatic heterocycles. The van der Waals surface area contributed by atoms with Crippen LogP contribution in [0.25, 0.3) is 44.2 Å². The number of carbonyl (C=O) groups is 2. The Balaban J connectivity index is 1.27. The van der Waals surface area contributed by atoms with E-state index in [9.17, 15) is 9.59 Å². The highest BCUT2D eigenvalue weighted by Gasteiger charge is 2.29. The van der Waals surface area contributed by atoms with Crippen molar-refractivity contribution in [3.63, 3.8) is 0 Å². The van der Waals surface area contributed by atoms with E-state index in [1.807, 2.05) is 36.8 Å². The second-order valence-corrected chi connectivity index (χ2v) is 14.5. The smallest absolute Gasteiger partial charge is 0.223 e. The summed E-state index contributed by atoms with van der Waals surface area (Å²) in [6.45, 7) is 16.1. The molecule has 2 N–H and O–H groups in total. The highest BCUT2D eigenvalue weighted by atomic mass is 16.5. The van der Waals surface area contributed by atoms with Gasteiger partial charge in [-0.05, 0) is 92.3 Å². The molecule has 2 amide bonds. The fraction of sp³-hybridized carbons (Fsp3) is 0.476. The first-order valence-electron chi connectivity index (χ1n) is 19.0. The van der Waals surface area contributed by atoms with Crippen molar-refractivity contribution in [2.24, 2.45) is 5.92 Å². The summed E-state index contributed by atoms with van der Waals surface area (Å²) in [6.07, 6.45) is 5.39. The molecule has 0 aliphatic carbocycles. The summed E-state index contributed by atoms with van der Waals surface area (Å²) in [5.41, 5.74) is 7.02. The van der Waals surface area contributed by atoms with Gasteiger partial charge >= 0.3 is 0 Å². The summed E-state index contributed by atoms with van der Waals surface area (Å²) >= 11 is 0. The molecule has 5 aromatic rings. The lowest BCUT2D eigenvalue weighted by atomic mass is 9.92. The highest BCUT2D eigenvalue weighted by Crippen LogP contribution is 2.43. The zero-order valence-corrected chi connectivity index (χ0v) is 32.0. The molecule has 10 nitrogen and oxygen atoms in total. The van der Waals surface area contributed by atoms with Gasteiger partial charge in [-0.25, -0.2) is 9.97 Å². The van der Waals surface area contributed by atoms with Gasteiger partial charge in [-0.1, -0.05) is 45.9 Å². The average molecular weight is 707 g/mol. The summed E-state index contributed by atoms with van der Waals surface area (Å²) in [7, 11) is 1.69. The zero-order valence-electron chi connectivity index (χ0n) is 32.0. The van der Waals surface area contributed by atoms with Crippen molar-refractivity contribution >= 4 is 33.6 Å². The van der Waals surface area contributed by atoms with Crippen LogP contribution in [0.1, 0.15) is 110 Å². The van der Waals surface area contributed by atoms with Crippen molar-refractivity contribution in [2.75, 3.05) is 20.3 Å². The van der Waals surface area contributed by atoms with Crippen LogP contribution in [0.2, 0.25) is 0 Å². The number of amides is 2. The number of H-pyrrole nitrogens is 2. The number of rotatable bonds is 15. The van der Waals surface area contributed by atoms with Crippen molar-refractivity contribution in [1.29, 1.82) is 0 Å². The maximum absolute atomic E-state index is 13.1. The van der Waals surface area contributed by atoms with E-state index in [0.29, 0.717) is 32.6 Å². The maximum Gasteiger partial charge on any atom is 0.223 e. The minimum absolute atomic E-state index is 0.116. The van der Waals surface area contributed by atoms with Gasteiger partial charge in [0.1, 0.15) is 24.0 Å². The topological polar surface area (TPSA) is 116 Å². The van der Waals surface area contributed by atoms with Crippen LogP contribution in [-0.4, -0.2) is 67.9 Å². The average Bonchev–Trinajstić information content (AvgIpc) is 3.82. The zero-order chi connectivity index (χ0) is 37.1. The number of imidazole rings is 2. The molecule has 6 rings (SSSR count). The lowest BCUT2D eigenvalue weighted by Gasteiger charge is -2.33. The number of ether oxygens (including phenoxy) is 2.